The maximum atomic E-state index is 14.0. The maximum Gasteiger partial charge on any atom is 0.327 e. The molecule has 1 saturated heterocycles. The van der Waals surface area contributed by atoms with Gasteiger partial charge in [-0.25, -0.2) is 18.8 Å². The quantitative estimate of drug-likeness (QED) is 0.362. The number of hydrogen-bond donors (Lipinski definition) is 1. The SMILES string of the molecule is COc1ccc(N(C(=O)Nc2cccc(F)c2)C(C)c2nc3ccccc3c(=O)n2N2CCN(C)CC2)c(OC)c1. The summed E-state index contributed by atoms with van der Waals surface area (Å²) in [5, 5.41) is 5.25. The average molecular weight is 561 g/mol. The Kier molecular flexibility index (Phi) is 8.06. The summed E-state index contributed by atoms with van der Waals surface area (Å²) in [6.07, 6.45) is 0. The van der Waals surface area contributed by atoms with Crippen molar-refractivity contribution < 1.29 is 18.7 Å². The van der Waals surface area contributed by atoms with E-state index in [1.165, 1.54) is 30.2 Å². The van der Waals surface area contributed by atoms with Gasteiger partial charge >= 0.3 is 6.03 Å². The van der Waals surface area contributed by atoms with Crippen LogP contribution < -0.4 is 30.3 Å². The van der Waals surface area contributed by atoms with E-state index in [9.17, 15) is 14.0 Å². The van der Waals surface area contributed by atoms with Crippen molar-refractivity contribution in [1.82, 2.24) is 14.6 Å². The average Bonchev–Trinajstić information content (AvgIpc) is 2.98. The number of urea groups is 1. The zero-order valence-electron chi connectivity index (χ0n) is 23.5. The largest absolute Gasteiger partial charge is 0.497 e. The Morgan fingerprint density at radius 3 is 2.46 bits per heavy atom. The third kappa shape index (κ3) is 5.66. The number of nitrogens with one attached hydrogen (secondary N) is 1. The van der Waals surface area contributed by atoms with E-state index < -0.39 is 17.9 Å². The highest BCUT2D eigenvalue weighted by molar-refractivity contribution is 6.03. The molecule has 10 nitrogen and oxygen atoms in total. The number of methoxy groups -OCH3 is 2. The summed E-state index contributed by atoms with van der Waals surface area (Å²) in [6, 6.07) is 16.6. The molecule has 0 spiro atoms. The predicted molar refractivity (Wildman–Crippen MR) is 157 cm³/mol. The number of para-hydroxylation sites is 1. The van der Waals surface area contributed by atoms with Crippen LogP contribution in [0.1, 0.15) is 18.8 Å². The Balaban J connectivity index is 1.68. The lowest BCUT2D eigenvalue weighted by Gasteiger charge is -2.38. The third-order valence-electron chi connectivity index (χ3n) is 7.24. The van der Waals surface area contributed by atoms with E-state index in [-0.39, 0.29) is 11.2 Å². The smallest absolute Gasteiger partial charge is 0.327 e. The number of benzene rings is 3. The van der Waals surface area contributed by atoms with Crippen molar-refractivity contribution >= 4 is 28.3 Å². The molecule has 0 bridgehead atoms. The number of likely N-dealkylation sites (N-methyl/N-ethyl adjacent to an activating group) is 1. The van der Waals surface area contributed by atoms with Gasteiger partial charge in [0.15, 0.2) is 5.82 Å². The molecule has 11 heteroatoms. The van der Waals surface area contributed by atoms with Crippen molar-refractivity contribution in [1.29, 1.82) is 0 Å². The molecule has 0 saturated carbocycles. The van der Waals surface area contributed by atoms with Gasteiger partial charge in [0.2, 0.25) is 0 Å². The van der Waals surface area contributed by atoms with Crippen LogP contribution >= 0.6 is 0 Å². The first kappa shape index (κ1) is 27.9. The normalized spacial score (nSPS) is 14.5. The number of amides is 2. The molecule has 2 heterocycles. The topological polar surface area (TPSA) is 92.2 Å². The number of fused-ring (bicyclic) bond motifs is 1. The van der Waals surface area contributed by atoms with Gasteiger partial charge in [-0.15, -0.1) is 0 Å². The fraction of sp³-hybridized carbons (Fsp3) is 0.300. The lowest BCUT2D eigenvalue weighted by Crippen LogP contribution is -2.55. The van der Waals surface area contributed by atoms with Gasteiger partial charge in [0.1, 0.15) is 17.3 Å². The van der Waals surface area contributed by atoms with E-state index in [0.717, 1.165) is 13.1 Å². The van der Waals surface area contributed by atoms with Crippen LogP contribution in [-0.4, -0.2) is 68.0 Å². The van der Waals surface area contributed by atoms with Gasteiger partial charge < -0.3 is 24.7 Å². The molecule has 0 aliphatic carbocycles. The summed E-state index contributed by atoms with van der Waals surface area (Å²) < 4.78 is 26.6. The molecule has 1 unspecified atom stereocenters. The molecule has 5 rings (SSSR count). The molecule has 1 aliphatic heterocycles. The number of carbonyl (C=O) groups excluding carboxylic acids is 1. The van der Waals surface area contributed by atoms with Gasteiger partial charge in [-0.1, -0.05) is 18.2 Å². The van der Waals surface area contributed by atoms with Crippen molar-refractivity contribution in [2.24, 2.45) is 0 Å². The minimum absolute atomic E-state index is 0.214. The zero-order valence-corrected chi connectivity index (χ0v) is 23.5. The van der Waals surface area contributed by atoms with Crippen LogP contribution in [0.4, 0.5) is 20.6 Å². The van der Waals surface area contributed by atoms with Gasteiger partial charge in [-0.05, 0) is 56.4 Å². The number of carbonyl (C=O) groups is 1. The van der Waals surface area contributed by atoms with Gasteiger partial charge in [-0.3, -0.25) is 9.69 Å². The molecule has 1 fully saturated rings. The minimum atomic E-state index is -0.761. The fourth-order valence-electron chi connectivity index (χ4n) is 5.02. The van der Waals surface area contributed by atoms with Gasteiger partial charge in [0, 0.05) is 37.9 Å². The van der Waals surface area contributed by atoms with Crippen LogP contribution in [0.15, 0.2) is 71.5 Å². The number of nitrogens with zero attached hydrogens (tertiary/aromatic N) is 5. The summed E-state index contributed by atoms with van der Waals surface area (Å²) in [6.45, 7) is 4.55. The Morgan fingerprint density at radius 1 is 1.00 bits per heavy atom. The summed E-state index contributed by atoms with van der Waals surface area (Å²) >= 11 is 0. The van der Waals surface area contributed by atoms with E-state index in [1.807, 2.05) is 24.2 Å². The monoisotopic (exact) mass is 560 g/mol. The van der Waals surface area contributed by atoms with Crippen LogP contribution in [0.5, 0.6) is 11.5 Å². The van der Waals surface area contributed by atoms with Gasteiger partial charge in [0.05, 0.1) is 36.9 Å². The molecule has 0 radical (unpaired) electrons. The number of rotatable bonds is 7. The van der Waals surface area contributed by atoms with Crippen LogP contribution in [0.2, 0.25) is 0 Å². The number of halogens is 1. The highest BCUT2D eigenvalue weighted by Gasteiger charge is 2.32. The number of hydrogen-bond acceptors (Lipinski definition) is 7. The van der Waals surface area contributed by atoms with Crippen molar-refractivity contribution in [3.8, 4) is 11.5 Å². The van der Waals surface area contributed by atoms with Gasteiger partial charge in [-0.2, -0.15) is 0 Å². The van der Waals surface area contributed by atoms with Crippen molar-refractivity contribution in [3.05, 3.63) is 88.7 Å². The molecule has 1 N–H and O–H groups in total. The Labute approximate surface area is 237 Å². The molecule has 4 aromatic rings. The van der Waals surface area contributed by atoms with E-state index in [2.05, 4.69) is 10.2 Å². The molecular weight excluding hydrogens is 527 g/mol. The standard InChI is InChI=1S/C30H33FN6O4/c1-20(28-33-25-11-6-5-10-24(25)29(38)37(28)35-16-14-34(2)15-17-35)36(26-13-12-23(40-3)19-27(26)41-4)30(39)32-22-9-7-8-21(31)18-22/h5-13,18-20H,14-17H2,1-4H3,(H,32,39). The first-order valence-corrected chi connectivity index (χ1v) is 13.3. The van der Waals surface area contributed by atoms with Crippen molar-refractivity contribution in [2.75, 3.05) is 62.7 Å². The van der Waals surface area contributed by atoms with E-state index in [0.29, 0.717) is 47.0 Å². The maximum absolute atomic E-state index is 14.0. The molecule has 2 amide bonds. The van der Waals surface area contributed by atoms with E-state index >= 15 is 0 Å². The fourth-order valence-corrected chi connectivity index (χ4v) is 5.02. The number of piperazine rings is 1. The van der Waals surface area contributed by atoms with E-state index in [4.69, 9.17) is 14.5 Å². The zero-order chi connectivity index (χ0) is 29.1. The van der Waals surface area contributed by atoms with Crippen LogP contribution in [0, 0.1) is 5.82 Å². The summed E-state index contributed by atoms with van der Waals surface area (Å²) in [4.78, 5) is 36.6. The first-order chi connectivity index (χ1) is 19.8. The number of anilines is 2. The molecule has 41 heavy (non-hydrogen) atoms. The highest BCUT2D eigenvalue weighted by Crippen LogP contribution is 2.37. The second-order valence-corrected chi connectivity index (χ2v) is 9.89. The summed E-state index contributed by atoms with van der Waals surface area (Å²) in [5.41, 5.74) is 1.01. The first-order valence-electron chi connectivity index (χ1n) is 13.3. The van der Waals surface area contributed by atoms with Crippen molar-refractivity contribution in [3.63, 3.8) is 0 Å². The van der Waals surface area contributed by atoms with Crippen molar-refractivity contribution in [2.45, 2.75) is 13.0 Å². The molecular formula is C30H33FN6O4. The third-order valence-corrected chi connectivity index (χ3v) is 7.24. The molecule has 3 aromatic carbocycles. The Bertz CT molecular complexity index is 1620. The highest BCUT2D eigenvalue weighted by atomic mass is 19.1. The van der Waals surface area contributed by atoms with Crippen LogP contribution in [0.25, 0.3) is 10.9 Å². The predicted octanol–water partition coefficient (Wildman–Crippen LogP) is 4.24. The minimum Gasteiger partial charge on any atom is -0.497 e. The Hall–Kier alpha value is -4.64. The lowest BCUT2D eigenvalue weighted by atomic mass is 10.1. The lowest BCUT2D eigenvalue weighted by molar-refractivity contribution is 0.253. The molecule has 1 aromatic heterocycles. The Morgan fingerprint density at radius 2 is 1.76 bits per heavy atom. The number of ether oxygens (including phenoxy) is 2. The van der Waals surface area contributed by atoms with Gasteiger partial charge in [0.25, 0.3) is 5.56 Å². The summed E-state index contributed by atoms with van der Waals surface area (Å²) in [7, 11) is 5.08. The molecule has 1 atom stereocenters. The second kappa shape index (κ2) is 11.8. The van der Waals surface area contributed by atoms with E-state index in [1.54, 1.807) is 55.1 Å². The van der Waals surface area contributed by atoms with Crippen LogP contribution in [-0.2, 0) is 0 Å². The number of aromatic nitrogens is 2. The second-order valence-electron chi connectivity index (χ2n) is 9.89. The molecule has 1 aliphatic rings. The summed E-state index contributed by atoms with van der Waals surface area (Å²) in [5.74, 6) is 0.817. The van der Waals surface area contributed by atoms with Crippen LogP contribution in [0.3, 0.4) is 0 Å². The molecule has 214 valence electrons.